The minimum atomic E-state index is -4.92. The number of hydrogen-bond acceptors (Lipinski definition) is 6. The molecule has 1 N–H and O–H groups in total. The van der Waals surface area contributed by atoms with Gasteiger partial charge < -0.3 is 4.55 Å². The van der Waals surface area contributed by atoms with Crippen LogP contribution in [-0.4, -0.2) is 22.4 Å². The highest BCUT2D eigenvalue weighted by atomic mass is 32.3. The van der Waals surface area contributed by atoms with Gasteiger partial charge in [0.2, 0.25) is 15.8 Å². The van der Waals surface area contributed by atoms with E-state index >= 15 is 0 Å². The average Bonchev–Trinajstić information content (AvgIpc) is 2.15. The molecule has 0 heterocycles. The fourth-order valence-electron chi connectivity index (χ4n) is 0.669. The van der Waals surface area contributed by atoms with Gasteiger partial charge >= 0.3 is 5.69 Å². The zero-order valence-corrected chi connectivity index (χ0v) is 8.36. The number of nitro groups is 1. The highest BCUT2D eigenvalue weighted by Crippen LogP contribution is 2.18. The second kappa shape index (κ2) is 5.71. The van der Waals surface area contributed by atoms with Crippen LogP contribution in [0, 0.1) is 15.5 Å². The van der Waals surface area contributed by atoms with E-state index in [9.17, 15) is 10.1 Å². The molecule has 86 valence electrons. The fourth-order valence-corrected chi connectivity index (χ4v) is 0.669. The average molecular weight is 247 g/mol. The van der Waals surface area contributed by atoms with Crippen LogP contribution in [0.2, 0.25) is 0 Å². The Morgan fingerprint density at radius 2 is 1.94 bits per heavy atom. The predicted octanol–water partition coefficient (Wildman–Crippen LogP) is 1.08. The largest absolute Gasteiger partial charge is 0.726 e. The van der Waals surface area contributed by atoms with E-state index in [2.05, 4.69) is 4.98 Å². The predicted molar refractivity (Wildman–Crippen MR) is 50.2 cm³/mol. The van der Waals surface area contributed by atoms with Gasteiger partial charge in [-0.15, -0.1) is 0 Å². The van der Waals surface area contributed by atoms with Crippen LogP contribution in [0.4, 0.5) is 11.4 Å². The van der Waals surface area contributed by atoms with E-state index in [0.717, 1.165) is 0 Å². The smallest absolute Gasteiger partial charge is 0.391 e. The maximum Gasteiger partial charge on any atom is 0.391 e. The molecule has 0 radical (unpaired) electrons. The third kappa shape index (κ3) is 7.33. The lowest BCUT2D eigenvalue weighted by Crippen LogP contribution is -1.90. The minimum absolute atomic E-state index is 0.0831. The number of nitrogens with zero attached hydrogens (tertiary/aromatic N) is 3. The first-order valence-electron chi connectivity index (χ1n) is 3.52. The molecule has 1 aromatic carbocycles. The summed E-state index contributed by atoms with van der Waals surface area (Å²) in [4.78, 5) is 12.4. The Kier molecular flexibility index (Phi) is 4.96. The van der Waals surface area contributed by atoms with Crippen LogP contribution < -0.4 is 0 Å². The molecule has 0 aliphatic heterocycles. The topological polar surface area (TPSA) is 149 Å². The van der Waals surface area contributed by atoms with Crippen molar-refractivity contribution in [2.24, 2.45) is 0 Å². The van der Waals surface area contributed by atoms with E-state index in [1.165, 1.54) is 24.3 Å². The molecular formula is C6H5N3O6S. The summed E-state index contributed by atoms with van der Waals surface area (Å²) >= 11 is 0. The summed E-state index contributed by atoms with van der Waals surface area (Å²) in [6, 6.07) is 5.43. The summed E-state index contributed by atoms with van der Waals surface area (Å²) in [5.41, 5.74) is 0.0968. The number of rotatable bonds is 1. The van der Waals surface area contributed by atoms with Crippen LogP contribution >= 0.6 is 0 Å². The molecule has 0 bridgehead atoms. The van der Waals surface area contributed by atoms with Crippen LogP contribution in [0.1, 0.15) is 0 Å². The molecule has 0 saturated carbocycles. The molecule has 0 unspecified atom stereocenters. The first kappa shape index (κ1) is 13.9. The van der Waals surface area contributed by atoms with E-state index in [4.69, 9.17) is 22.9 Å². The van der Waals surface area contributed by atoms with Gasteiger partial charge in [0.1, 0.15) is 6.07 Å². The highest BCUT2D eigenvalue weighted by Gasteiger charge is 2.11. The third-order valence-corrected chi connectivity index (χ3v) is 1.16. The lowest BCUT2D eigenvalue weighted by molar-refractivity contribution is -0.384. The van der Waals surface area contributed by atoms with Gasteiger partial charge in [-0.25, -0.2) is 8.42 Å². The Bertz CT molecular complexity index is 511. The van der Waals surface area contributed by atoms with Crippen LogP contribution in [0.3, 0.4) is 0 Å². The number of non-ortho nitro benzene ring substituents is 1. The number of nitro benzene ring substituents is 1. The summed E-state index contributed by atoms with van der Waals surface area (Å²) in [5, 5.41) is 18.4. The standard InChI is InChI=1S/C6H4N3O2.H2O4S/c7-8-5-2-1-3-6(4-5)9(10)11;1-5(2,3)4/h1-4H;(H2,1,2,3,4)/q+1;/p-1. The van der Waals surface area contributed by atoms with Gasteiger partial charge in [-0.2, -0.15) is 0 Å². The van der Waals surface area contributed by atoms with Gasteiger partial charge in [0.25, 0.3) is 5.69 Å². The van der Waals surface area contributed by atoms with Crippen molar-refractivity contribution in [3.8, 4) is 0 Å². The zero-order chi connectivity index (χ0) is 12.8. The van der Waals surface area contributed by atoms with Gasteiger partial charge in [0, 0.05) is 12.1 Å². The highest BCUT2D eigenvalue weighted by molar-refractivity contribution is 7.79. The Morgan fingerprint density at radius 1 is 1.44 bits per heavy atom. The minimum Gasteiger partial charge on any atom is -0.726 e. The van der Waals surface area contributed by atoms with Crippen molar-refractivity contribution in [2.75, 3.05) is 0 Å². The van der Waals surface area contributed by atoms with Crippen LogP contribution in [-0.2, 0) is 10.4 Å². The fraction of sp³-hybridized carbons (Fsp3) is 0. The Hall–Kier alpha value is -2.09. The Balaban J connectivity index is 0.000000385. The molecule has 16 heavy (non-hydrogen) atoms. The molecule has 0 aliphatic carbocycles. The number of benzene rings is 1. The molecule has 0 atom stereocenters. The second-order valence-corrected chi connectivity index (χ2v) is 3.16. The molecule has 0 aliphatic rings. The molecule has 1 aromatic rings. The molecule has 0 spiro atoms. The molecule has 10 heteroatoms. The summed E-state index contributed by atoms with van der Waals surface area (Å²) in [6.45, 7) is 0. The maximum atomic E-state index is 10.2. The molecule has 9 nitrogen and oxygen atoms in total. The van der Waals surface area contributed by atoms with Gasteiger partial charge in [0.05, 0.1) is 4.92 Å². The quantitative estimate of drug-likeness (QED) is 0.256. The monoisotopic (exact) mass is 247 g/mol. The van der Waals surface area contributed by atoms with E-state index in [1.54, 1.807) is 0 Å². The van der Waals surface area contributed by atoms with Crippen molar-refractivity contribution in [1.82, 2.24) is 0 Å². The van der Waals surface area contributed by atoms with Crippen molar-refractivity contribution in [2.45, 2.75) is 0 Å². The van der Waals surface area contributed by atoms with E-state index in [1.807, 2.05) is 0 Å². The summed E-state index contributed by atoms with van der Waals surface area (Å²) < 4.78 is 32.8. The van der Waals surface area contributed by atoms with E-state index in [-0.39, 0.29) is 11.4 Å². The van der Waals surface area contributed by atoms with E-state index in [0.29, 0.717) is 0 Å². The van der Waals surface area contributed by atoms with Crippen molar-refractivity contribution in [3.63, 3.8) is 0 Å². The molecular weight excluding hydrogens is 242 g/mol. The summed E-state index contributed by atoms with van der Waals surface area (Å²) in [5.74, 6) is 0. The normalized spacial score (nSPS) is 9.56. The molecule has 1 rings (SSSR count). The third-order valence-electron chi connectivity index (χ3n) is 1.16. The first-order chi connectivity index (χ1) is 7.24. The van der Waals surface area contributed by atoms with Gasteiger partial charge in [-0.1, -0.05) is 0 Å². The summed E-state index contributed by atoms with van der Waals surface area (Å²) in [7, 11) is -4.92. The van der Waals surface area contributed by atoms with Gasteiger partial charge in [0.15, 0.2) is 4.98 Å². The molecule has 0 aromatic heterocycles. The summed E-state index contributed by atoms with van der Waals surface area (Å²) in [6.07, 6.45) is 0. The van der Waals surface area contributed by atoms with Gasteiger partial charge in [-0.3, -0.25) is 14.7 Å². The lowest BCUT2D eigenvalue weighted by Gasteiger charge is -1.88. The van der Waals surface area contributed by atoms with Crippen LogP contribution in [0.5, 0.6) is 0 Å². The maximum absolute atomic E-state index is 10.2. The first-order valence-corrected chi connectivity index (χ1v) is 4.88. The molecule has 0 saturated heterocycles. The van der Waals surface area contributed by atoms with Crippen molar-refractivity contribution in [1.29, 1.82) is 5.39 Å². The SMILES string of the molecule is N#[N+]c1cccc([N+](=O)[O-])c1.O=S(=O)([O-])O. The Labute approximate surface area is 89.7 Å². The Morgan fingerprint density at radius 3 is 2.31 bits per heavy atom. The van der Waals surface area contributed by atoms with Crippen LogP contribution in [0.15, 0.2) is 24.3 Å². The lowest BCUT2D eigenvalue weighted by atomic mass is 10.3. The number of diazo groups is 1. The molecule has 0 fully saturated rings. The van der Waals surface area contributed by atoms with Crippen LogP contribution in [0.25, 0.3) is 4.98 Å². The van der Waals surface area contributed by atoms with Crippen molar-refractivity contribution in [3.05, 3.63) is 39.4 Å². The number of hydrogen-bond donors (Lipinski definition) is 1. The van der Waals surface area contributed by atoms with E-state index < -0.39 is 15.3 Å². The van der Waals surface area contributed by atoms with Gasteiger partial charge in [-0.05, 0) is 6.07 Å². The molecule has 0 amide bonds. The van der Waals surface area contributed by atoms with Crippen molar-refractivity contribution < 1.29 is 22.4 Å². The van der Waals surface area contributed by atoms with Crippen molar-refractivity contribution >= 4 is 21.8 Å². The zero-order valence-electron chi connectivity index (χ0n) is 7.55. The second-order valence-electron chi connectivity index (χ2n) is 2.30.